The predicted molar refractivity (Wildman–Crippen MR) is 82.6 cm³/mol. The summed E-state index contributed by atoms with van der Waals surface area (Å²) in [5.74, 6) is 1.70. The summed E-state index contributed by atoms with van der Waals surface area (Å²) >= 11 is 0. The topological polar surface area (TPSA) is 30.5 Å². The van der Waals surface area contributed by atoms with E-state index in [1.807, 2.05) is 19.2 Å². The van der Waals surface area contributed by atoms with Gasteiger partial charge in [-0.15, -0.1) is 0 Å². The van der Waals surface area contributed by atoms with Gasteiger partial charge in [-0.05, 0) is 44.5 Å². The van der Waals surface area contributed by atoms with Gasteiger partial charge in [0.2, 0.25) is 0 Å². The molecule has 1 N–H and O–H groups in total. The number of nitrogens with one attached hydrogen (secondary N) is 1. The summed E-state index contributed by atoms with van der Waals surface area (Å²) in [5.41, 5.74) is 1.43. The Morgan fingerprint density at radius 2 is 1.95 bits per heavy atom. The summed E-state index contributed by atoms with van der Waals surface area (Å²) in [6, 6.07) is 6.69. The Balaban J connectivity index is 2.18. The SMILES string of the molecule is CCC1(CC)C(NC)CC1Oc1ccc(C)cc1OC. The van der Waals surface area contributed by atoms with Gasteiger partial charge in [-0.1, -0.05) is 19.9 Å². The van der Waals surface area contributed by atoms with Crippen molar-refractivity contribution in [2.24, 2.45) is 5.41 Å². The molecule has 0 bridgehead atoms. The Labute approximate surface area is 122 Å². The van der Waals surface area contributed by atoms with E-state index >= 15 is 0 Å². The highest BCUT2D eigenvalue weighted by Gasteiger charge is 2.53. The molecular formula is C17H27NO2. The summed E-state index contributed by atoms with van der Waals surface area (Å²) in [7, 11) is 3.75. The molecule has 2 atom stereocenters. The molecule has 0 amide bonds. The van der Waals surface area contributed by atoms with Gasteiger partial charge in [-0.3, -0.25) is 0 Å². The molecule has 1 aliphatic rings. The van der Waals surface area contributed by atoms with Gasteiger partial charge >= 0.3 is 0 Å². The van der Waals surface area contributed by atoms with Gasteiger partial charge < -0.3 is 14.8 Å². The van der Waals surface area contributed by atoms with Crippen molar-refractivity contribution in [3.05, 3.63) is 23.8 Å². The second-order valence-corrected chi connectivity index (χ2v) is 5.78. The van der Waals surface area contributed by atoms with E-state index in [-0.39, 0.29) is 11.5 Å². The highest BCUT2D eigenvalue weighted by atomic mass is 16.5. The lowest BCUT2D eigenvalue weighted by Gasteiger charge is -2.55. The molecule has 3 nitrogen and oxygen atoms in total. The second-order valence-electron chi connectivity index (χ2n) is 5.78. The number of aryl methyl sites for hydroxylation is 1. The molecule has 1 aromatic rings. The number of methoxy groups -OCH3 is 1. The van der Waals surface area contributed by atoms with Crippen molar-refractivity contribution < 1.29 is 9.47 Å². The fraction of sp³-hybridized carbons (Fsp3) is 0.647. The quantitative estimate of drug-likeness (QED) is 0.862. The smallest absolute Gasteiger partial charge is 0.161 e. The molecule has 1 saturated carbocycles. The molecule has 0 saturated heterocycles. The van der Waals surface area contributed by atoms with Crippen molar-refractivity contribution in [1.82, 2.24) is 5.32 Å². The van der Waals surface area contributed by atoms with Crippen LogP contribution in [-0.2, 0) is 0 Å². The Kier molecular flexibility index (Phi) is 4.59. The summed E-state index contributed by atoms with van der Waals surface area (Å²) in [6.45, 7) is 6.58. The van der Waals surface area contributed by atoms with Crippen LogP contribution in [-0.4, -0.2) is 26.3 Å². The van der Waals surface area contributed by atoms with E-state index in [0.717, 1.165) is 30.8 Å². The van der Waals surface area contributed by atoms with Gasteiger partial charge in [0, 0.05) is 17.9 Å². The standard InChI is InChI=1S/C17H27NO2/c1-6-17(7-2)15(18-4)11-16(17)20-13-9-8-12(3)10-14(13)19-5/h8-10,15-16,18H,6-7,11H2,1-5H3. The molecule has 0 heterocycles. The zero-order chi connectivity index (χ0) is 14.8. The summed E-state index contributed by atoms with van der Waals surface area (Å²) in [5, 5.41) is 3.44. The fourth-order valence-corrected chi connectivity index (χ4v) is 3.54. The van der Waals surface area contributed by atoms with Gasteiger partial charge in [-0.25, -0.2) is 0 Å². The molecule has 3 heteroatoms. The number of benzene rings is 1. The summed E-state index contributed by atoms with van der Waals surface area (Å²) in [4.78, 5) is 0. The van der Waals surface area contributed by atoms with Crippen LogP contribution < -0.4 is 14.8 Å². The normalized spacial score (nSPS) is 24.1. The Morgan fingerprint density at radius 3 is 2.50 bits per heavy atom. The predicted octanol–water partition coefficient (Wildman–Crippen LogP) is 3.55. The van der Waals surface area contributed by atoms with Crippen molar-refractivity contribution in [3.63, 3.8) is 0 Å². The lowest BCUT2D eigenvalue weighted by Crippen LogP contribution is -2.63. The van der Waals surface area contributed by atoms with Gasteiger partial charge in [-0.2, -0.15) is 0 Å². The van der Waals surface area contributed by atoms with Crippen LogP contribution in [0.1, 0.15) is 38.7 Å². The molecule has 1 fully saturated rings. The highest BCUT2D eigenvalue weighted by Crippen LogP contribution is 2.49. The molecule has 1 aliphatic carbocycles. The Hall–Kier alpha value is -1.22. The zero-order valence-electron chi connectivity index (χ0n) is 13.3. The Bertz CT molecular complexity index is 454. The minimum Gasteiger partial charge on any atom is -0.493 e. The fourth-order valence-electron chi connectivity index (χ4n) is 3.54. The van der Waals surface area contributed by atoms with Crippen LogP contribution in [0.3, 0.4) is 0 Å². The minimum absolute atomic E-state index is 0.241. The molecule has 0 aromatic heterocycles. The van der Waals surface area contributed by atoms with E-state index in [0.29, 0.717) is 6.04 Å². The van der Waals surface area contributed by atoms with Gasteiger partial charge in [0.1, 0.15) is 6.10 Å². The Morgan fingerprint density at radius 1 is 1.25 bits per heavy atom. The first-order chi connectivity index (χ1) is 9.61. The number of hydrogen-bond donors (Lipinski definition) is 1. The molecule has 2 rings (SSSR count). The van der Waals surface area contributed by atoms with E-state index in [1.54, 1.807) is 7.11 Å². The molecule has 2 unspecified atom stereocenters. The maximum atomic E-state index is 6.29. The molecule has 0 aliphatic heterocycles. The van der Waals surface area contributed by atoms with Gasteiger partial charge in [0.15, 0.2) is 11.5 Å². The molecule has 112 valence electrons. The van der Waals surface area contributed by atoms with Crippen LogP contribution in [0.2, 0.25) is 0 Å². The van der Waals surface area contributed by atoms with Crippen molar-refractivity contribution >= 4 is 0 Å². The monoisotopic (exact) mass is 277 g/mol. The largest absolute Gasteiger partial charge is 0.493 e. The lowest BCUT2D eigenvalue weighted by atomic mass is 9.58. The average molecular weight is 277 g/mol. The van der Waals surface area contributed by atoms with Crippen LogP contribution in [0.25, 0.3) is 0 Å². The van der Waals surface area contributed by atoms with E-state index < -0.39 is 0 Å². The molecule has 0 radical (unpaired) electrons. The number of rotatable bonds is 6. The highest BCUT2D eigenvalue weighted by molar-refractivity contribution is 5.43. The van der Waals surface area contributed by atoms with Crippen LogP contribution in [0.4, 0.5) is 0 Å². The van der Waals surface area contributed by atoms with E-state index in [4.69, 9.17) is 9.47 Å². The van der Waals surface area contributed by atoms with Crippen molar-refractivity contribution in [2.45, 2.75) is 52.2 Å². The van der Waals surface area contributed by atoms with E-state index in [2.05, 4.69) is 32.2 Å². The molecule has 0 spiro atoms. The van der Waals surface area contributed by atoms with Gasteiger partial charge in [0.25, 0.3) is 0 Å². The van der Waals surface area contributed by atoms with Crippen molar-refractivity contribution in [1.29, 1.82) is 0 Å². The third-order valence-electron chi connectivity index (χ3n) is 5.04. The summed E-state index contributed by atoms with van der Waals surface area (Å²) in [6.07, 6.45) is 3.60. The zero-order valence-corrected chi connectivity index (χ0v) is 13.3. The van der Waals surface area contributed by atoms with Crippen LogP contribution in [0.15, 0.2) is 18.2 Å². The summed E-state index contributed by atoms with van der Waals surface area (Å²) < 4.78 is 11.7. The second kappa shape index (κ2) is 6.04. The maximum Gasteiger partial charge on any atom is 0.161 e. The first kappa shape index (κ1) is 15.2. The maximum absolute atomic E-state index is 6.29. The average Bonchev–Trinajstić information content (AvgIpc) is 2.45. The number of hydrogen-bond acceptors (Lipinski definition) is 3. The lowest BCUT2D eigenvalue weighted by molar-refractivity contribution is -0.0843. The van der Waals surface area contributed by atoms with Crippen LogP contribution >= 0.6 is 0 Å². The van der Waals surface area contributed by atoms with E-state index in [1.165, 1.54) is 5.56 Å². The van der Waals surface area contributed by atoms with Crippen LogP contribution in [0.5, 0.6) is 11.5 Å². The first-order valence-corrected chi connectivity index (χ1v) is 7.59. The molecule has 20 heavy (non-hydrogen) atoms. The van der Waals surface area contributed by atoms with Crippen molar-refractivity contribution in [3.8, 4) is 11.5 Å². The first-order valence-electron chi connectivity index (χ1n) is 7.59. The minimum atomic E-state index is 0.241. The molecular weight excluding hydrogens is 250 g/mol. The van der Waals surface area contributed by atoms with E-state index in [9.17, 15) is 0 Å². The third-order valence-corrected chi connectivity index (χ3v) is 5.04. The van der Waals surface area contributed by atoms with Crippen LogP contribution in [0, 0.1) is 12.3 Å². The third kappa shape index (κ3) is 2.39. The van der Waals surface area contributed by atoms with Crippen molar-refractivity contribution in [2.75, 3.05) is 14.2 Å². The molecule has 1 aromatic carbocycles. The van der Waals surface area contributed by atoms with Gasteiger partial charge in [0.05, 0.1) is 7.11 Å². The number of ether oxygens (including phenoxy) is 2.